The number of rotatable bonds is 2. The summed E-state index contributed by atoms with van der Waals surface area (Å²) in [6.45, 7) is -0.905. The van der Waals surface area contributed by atoms with Crippen LogP contribution in [0, 0.1) is 60.2 Å². The number of ether oxygens (including phenoxy) is 2. The van der Waals surface area contributed by atoms with Gasteiger partial charge < -0.3 is 40.1 Å². The molecule has 178 valence electrons. The predicted octanol–water partition coefficient (Wildman–Crippen LogP) is -2.15. The second kappa shape index (κ2) is 11.5. The van der Waals surface area contributed by atoms with E-state index in [4.69, 9.17) is 22.3 Å². The molecule has 6 N–H and O–H groups in total. The van der Waals surface area contributed by atoms with E-state index in [0.717, 1.165) is 0 Å². The molecule has 0 spiro atoms. The Labute approximate surface area is 198 Å². The van der Waals surface area contributed by atoms with Crippen LogP contribution in [-0.4, -0.2) is 92.7 Å². The highest BCUT2D eigenvalue weighted by atomic mass is 16.5. The molecule has 0 unspecified atom stereocenters. The van der Waals surface area contributed by atoms with Crippen molar-refractivity contribution in [3.05, 3.63) is 35.4 Å². The molecule has 2 saturated heterocycles. The number of aliphatic hydroxyl groups is 6. The summed E-state index contributed by atoms with van der Waals surface area (Å²) in [5.74, 6) is 14.1. The van der Waals surface area contributed by atoms with Gasteiger partial charge in [0, 0.05) is 11.1 Å². The Hall–Kier alpha value is -2.86. The van der Waals surface area contributed by atoms with Gasteiger partial charge >= 0.3 is 0 Å². The number of aliphatic hydroxyl groups excluding tert-OH is 6. The standard InChI is InChI=1S/C26H26O8/c1-3-19-25(31)23(29)17(21(13-27)33-19)11-9-15-7-5-6-8-16(15)10-12-18-22(14-28)34-20(4-2)26(32)24(18)30/h1-2,5-8,17-32H,13-14H2/t17-,18-,19+,20+,21-,22-,23+,24+,25+,26+/m1/s1. The highest BCUT2D eigenvalue weighted by Crippen LogP contribution is 2.27. The lowest BCUT2D eigenvalue weighted by atomic mass is 9.86. The van der Waals surface area contributed by atoms with Crippen LogP contribution in [-0.2, 0) is 9.47 Å². The molecule has 34 heavy (non-hydrogen) atoms. The molecule has 2 aliphatic rings. The quantitative estimate of drug-likeness (QED) is 0.271. The van der Waals surface area contributed by atoms with E-state index in [0.29, 0.717) is 11.1 Å². The van der Waals surface area contributed by atoms with Crippen molar-refractivity contribution in [2.24, 2.45) is 11.8 Å². The molecular formula is C26H26O8. The van der Waals surface area contributed by atoms with Gasteiger partial charge in [-0.2, -0.15) is 0 Å². The van der Waals surface area contributed by atoms with Gasteiger partial charge in [0.1, 0.15) is 24.4 Å². The Balaban J connectivity index is 1.88. The van der Waals surface area contributed by atoms with Gasteiger partial charge in [-0.15, -0.1) is 12.8 Å². The first-order valence-electron chi connectivity index (χ1n) is 10.7. The van der Waals surface area contributed by atoms with E-state index in [1.807, 2.05) is 0 Å². The zero-order valence-electron chi connectivity index (χ0n) is 18.2. The third-order valence-corrected chi connectivity index (χ3v) is 5.86. The van der Waals surface area contributed by atoms with Crippen LogP contribution in [0.2, 0.25) is 0 Å². The van der Waals surface area contributed by atoms with Crippen LogP contribution in [0.1, 0.15) is 11.1 Å². The molecule has 2 aliphatic heterocycles. The minimum absolute atomic E-state index is 0.453. The fourth-order valence-electron chi connectivity index (χ4n) is 3.90. The molecule has 2 heterocycles. The first kappa shape index (κ1) is 25.8. The largest absolute Gasteiger partial charge is 0.394 e. The van der Waals surface area contributed by atoms with Gasteiger partial charge in [-0.25, -0.2) is 0 Å². The SMILES string of the molecule is C#C[C@@H]1O[C@H](CO)[C@@H](C#Cc2ccccc2C#C[C@H]2[C@H](O)[C@@H](O)[C@H](C#C)O[C@@H]2CO)[C@H](O)[C@H]1O. The molecule has 0 radical (unpaired) electrons. The van der Waals surface area contributed by atoms with Crippen LogP contribution >= 0.6 is 0 Å². The van der Waals surface area contributed by atoms with E-state index in [9.17, 15) is 30.6 Å². The van der Waals surface area contributed by atoms with Gasteiger partial charge in [-0.05, 0) is 12.1 Å². The maximum absolute atomic E-state index is 10.4. The lowest BCUT2D eigenvalue weighted by molar-refractivity contribution is -0.177. The van der Waals surface area contributed by atoms with Gasteiger partial charge in [0.2, 0.25) is 0 Å². The van der Waals surface area contributed by atoms with Crippen LogP contribution in [0.4, 0.5) is 0 Å². The van der Waals surface area contributed by atoms with Crippen molar-refractivity contribution < 1.29 is 40.1 Å². The zero-order chi connectivity index (χ0) is 24.8. The van der Waals surface area contributed by atoms with E-state index in [1.54, 1.807) is 24.3 Å². The normalized spacial score (nSPS) is 37.2. The van der Waals surface area contributed by atoms with Crippen LogP contribution in [0.15, 0.2) is 24.3 Å². The summed E-state index contributed by atoms with van der Waals surface area (Å²) >= 11 is 0. The van der Waals surface area contributed by atoms with Gasteiger partial charge in [0.05, 0.1) is 49.5 Å². The number of hydrogen-bond donors (Lipinski definition) is 6. The zero-order valence-corrected chi connectivity index (χ0v) is 18.2. The van der Waals surface area contributed by atoms with E-state index < -0.39 is 73.9 Å². The van der Waals surface area contributed by atoms with Crippen molar-refractivity contribution in [2.45, 2.75) is 48.8 Å². The summed E-state index contributed by atoms with van der Waals surface area (Å²) in [5, 5.41) is 60.4. The van der Waals surface area contributed by atoms with Crippen molar-refractivity contribution >= 4 is 0 Å². The summed E-state index contributed by atoms with van der Waals surface area (Å²) in [4.78, 5) is 0. The van der Waals surface area contributed by atoms with Crippen molar-refractivity contribution in [3.8, 4) is 48.4 Å². The molecule has 1 aromatic rings. The minimum atomic E-state index is -1.36. The first-order chi connectivity index (χ1) is 16.4. The minimum Gasteiger partial charge on any atom is -0.394 e. The van der Waals surface area contributed by atoms with Crippen LogP contribution < -0.4 is 0 Å². The number of hydrogen-bond acceptors (Lipinski definition) is 8. The molecule has 10 atom stereocenters. The maximum atomic E-state index is 10.4. The third kappa shape index (κ3) is 5.27. The first-order valence-corrected chi connectivity index (χ1v) is 10.7. The fraction of sp³-hybridized carbons (Fsp3) is 0.462. The Morgan fingerprint density at radius 2 is 1.06 bits per heavy atom. The molecule has 0 bridgehead atoms. The Kier molecular flexibility index (Phi) is 8.72. The van der Waals surface area contributed by atoms with Crippen molar-refractivity contribution in [3.63, 3.8) is 0 Å². The van der Waals surface area contributed by atoms with Crippen molar-refractivity contribution in [2.75, 3.05) is 13.2 Å². The van der Waals surface area contributed by atoms with Crippen LogP contribution in [0.3, 0.4) is 0 Å². The summed E-state index contributed by atoms with van der Waals surface area (Å²) < 4.78 is 10.9. The number of benzene rings is 1. The maximum Gasteiger partial charge on any atom is 0.146 e. The molecule has 3 rings (SSSR count). The predicted molar refractivity (Wildman–Crippen MR) is 120 cm³/mol. The third-order valence-electron chi connectivity index (χ3n) is 5.86. The molecule has 8 heteroatoms. The summed E-state index contributed by atoms with van der Waals surface area (Å²) in [7, 11) is 0. The Morgan fingerprint density at radius 1 is 0.676 bits per heavy atom. The van der Waals surface area contributed by atoms with Gasteiger partial charge in [-0.3, -0.25) is 0 Å². The molecule has 0 aromatic heterocycles. The lowest BCUT2D eigenvalue weighted by Crippen LogP contribution is -2.54. The highest BCUT2D eigenvalue weighted by Gasteiger charge is 2.43. The molecule has 1 aromatic carbocycles. The fourth-order valence-corrected chi connectivity index (χ4v) is 3.90. The topological polar surface area (TPSA) is 140 Å². The second-order valence-corrected chi connectivity index (χ2v) is 7.99. The van der Waals surface area contributed by atoms with Crippen molar-refractivity contribution in [1.82, 2.24) is 0 Å². The van der Waals surface area contributed by atoms with Crippen LogP contribution in [0.5, 0.6) is 0 Å². The Morgan fingerprint density at radius 3 is 1.38 bits per heavy atom. The average Bonchev–Trinajstić information content (AvgIpc) is 2.86. The Bertz CT molecular complexity index is 975. The average molecular weight is 466 g/mol. The smallest absolute Gasteiger partial charge is 0.146 e. The van der Waals surface area contributed by atoms with E-state index >= 15 is 0 Å². The second-order valence-electron chi connectivity index (χ2n) is 7.99. The lowest BCUT2D eigenvalue weighted by Gasteiger charge is -2.38. The van der Waals surface area contributed by atoms with Gasteiger partial charge in [-0.1, -0.05) is 47.7 Å². The number of terminal acetylenes is 2. The highest BCUT2D eigenvalue weighted by molar-refractivity contribution is 5.50. The van der Waals surface area contributed by atoms with E-state index in [-0.39, 0.29) is 0 Å². The van der Waals surface area contributed by atoms with Gasteiger partial charge in [0.15, 0.2) is 0 Å². The molecule has 0 saturated carbocycles. The summed E-state index contributed by atoms with van der Waals surface area (Å²) in [6, 6.07) is 6.82. The molecule has 0 aliphatic carbocycles. The summed E-state index contributed by atoms with van der Waals surface area (Å²) in [6.07, 6.45) is 1.33. The molecule has 8 nitrogen and oxygen atoms in total. The van der Waals surface area contributed by atoms with Gasteiger partial charge in [0.25, 0.3) is 0 Å². The molecule has 0 amide bonds. The summed E-state index contributed by atoms with van der Waals surface area (Å²) in [5.41, 5.74) is 0.947. The van der Waals surface area contributed by atoms with E-state index in [1.165, 1.54) is 0 Å². The van der Waals surface area contributed by atoms with Crippen LogP contribution in [0.25, 0.3) is 0 Å². The molecular weight excluding hydrogens is 440 g/mol. The van der Waals surface area contributed by atoms with E-state index in [2.05, 4.69) is 35.5 Å². The molecule has 2 fully saturated rings. The monoisotopic (exact) mass is 466 g/mol. The van der Waals surface area contributed by atoms with Crippen molar-refractivity contribution in [1.29, 1.82) is 0 Å².